The molecule has 23 heavy (non-hydrogen) atoms. The van der Waals surface area contributed by atoms with E-state index in [1.54, 1.807) is 31.1 Å². The zero-order valence-electron chi connectivity index (χ0n) is 13.2. The van der Waals surface area contributed by atoms with Crippen molar-refractivity contribution >= 4 is 0 Å². The van der Waals surface area contributed by atoms with Crippen LogP contribution < -0.4 is 0 Å². The topological polar surface area (TPSA) is 75.2 Å². The van der Waals surface area contributed by atoms with E-state index in [0.29, 0.717) is 0 Å². The van der Waals surface area contributed by atoms with Crippen molar-refractivity contribution in [3.05, 3.63) is 79.7 Å². The van der Waals surface area contributed by atoms with Crippen molar-refractivity contribution in [1.29, 1.82) is 0 Å². The quantitative estimate of drug-likeness (QED) is 0.567. The van der Waals surface area contributed by atoms with E-state index in [4.69, 9.17) is 0 Å². The van der Waals surface area contributed by atoms with Gasteiger partial charge in [0.2, 0.25) is 0 Å². The molecule has 4 aromatic rings. The lowest BCUT2D eigenvalue weighted by molar-refractivity contribution is 0.913. The van der Waals surface area contributed by atoms with Gasteiger partial charge in [0, 0.05) is 49.8 Å². The normalized spacial score (nSPS) is 9.30. The first-order valence-corrected chi connectivity index (χ1v) is 7.18. The summed E-state index contributed by atoms with van der Waals surface area (Å²) in [6.07, 6.45) is 12.5. The number of aryl methyl sites for hydroxylation is 2. The van der Waals surface area contributed by atoms with Gasteiger partial charge < -0.3 is 14.5 Å². The number of nitrogens with one attached hydrogen (secondary N) is 2. The van der Waals surface area contributed by atoms with Crippen LogP contribution in [0.4, 0.5) is 0 Å². The molecule has 4 rings (SSSR count). The molecular formula is C17H20N6. The van der Waals surface area contributed by atoms with Crippen LogP contribution >= 0.6 is 0 Å². The Morgan fingerprint density at radius 2 is 1.65 bits per heavy atom. The van der Waals surface area contributed by atoms with E-state index in [-0.39, 0.29) is 0 Å². The average Bonchev–Trinajstić information content (AvgIpc) is 3.32. The molecule has 6 heteroatoms. The van der Waals surface area contributed by atoms with Crippen LogP contribution in [0.15, 0.2) is 73.8 Å². The van der Waals surface area contributed by atoms with Gasteiger partial charge in [0.25, 0.3) is 0 Å². The summed E-state index contributed by atoms with van der Waals surface area (Å²) in [5, 5.41) is 0. The maximum atomic E-state index is 4.13. The van der Waals surface area contributed by atoms with Gasteiger partial charge in [0.05, 0.1) is 6.33 Å². The Morgan fingerprint density at radius 1 is 0.913 bits per heavy atom. The monoisotopic (exact) mass is 308 g/mol. The second-order valence-electron chi connectivity index (χ2n) is 4.71. The lowest BCUT2D eigenvalue weighted by atomic mass is 10.2. The van der Waals surface area contributed by atoms with Crippen molar-refractivity contribution in [2.45, 2.75) is 6.92 Å². The Labute approximate surface area is 135 Å². The van der Waals surface area contributed by atoms with E-state index in [9.17, 15) is 0 Å². The Kier molecular flexibility index (Phi) is 6.34. The maximum absolute atomic E-state index is 4.13. The highest BCUT2D eigenvalue weighted by atomic mass is 15.0. The largest absolute Gasteiger partial charge is 0.349 e. The number of aromatic nitrogens is 6. The molecule has 0 saturated carbocycles. The van der Waals surface area contributed by atoms with Crippen molar-refractivity contribution in [3.8, 4) is 11.4 Å². The van der Waals surface area contributed by atoms with E-state index in [1.807, 2.05) is 61.3 Å². The number of rotatable bonds is 1. The third-order valence-electron chi connectivity index (χ3n) is 2.82. The molecule has 0 fully saturated rings. The third kappa shape index (κ3) is 6.01. The van der Waals surface area contributed by atoms with Crippen molar-refractivity contribution in [3.63, 3.8) is 0 Å². The smallest absolute Gasteiger partial charge is 0.137 e. The first-order chi connectivity index (χ1) is 11.3. The molecule has 0 aliphatic rings. The number of hydrogen-bond donors (Lipinski definition) is 2. The van der Waals surface area contributed by atoms with Gasteiger partial charge in [-0.15, -0.1) is 0 Å². The van der Waals surface area contributed by atoms with Gasteiger partial charge in [-0.25, -0.2) is 15.0 Å². The van der Waals surface area contributed by atoms with Gasteiger partial charge >= 0.3 is 0 Å². The first kappa shape index (κ1) is 16.2. The van der Waals surface area contributed by atoms with Crippen LogP contribution in [0.5, 0.6) is 0 Å². The van der Waals surface area contributed by atoms with E-state index >= 15 is 0 Å². The van der Waals surface area contributed by atoms with Crippen LogP contribution in [0.25, 0.3) is 11.4 Å². The fraction of sp³-hybridized carbons (Fsp3) is 0.118. The summed E-state index contributed by atoms with van der Waals surface area (Å²) in [7, 11) is 1.94. The lowest BCUT2D eigenvalue weighted by Crippen LogP contribution is -1.77. The van der Waals surface area contributed by atoms with E-state index in [1.165, 1.54) is 0 Å². The standard InChI is InChI=1S/C9H8N2.2C4H6N2/c1-2-4-8(5-3-1)9-10-6-7-11-9;1-6-3-2-5-4-6;1-4-5-2-3-6-4/h1-7H,(H,10,11);2-4H,1H3;2-3H,1H3,(H,5,6). The van der Waals surface area contributed by atoms with Crippen LogP contribution in [-0.4, -0.2) is 29.5 Å². The molecule has 6 nitrogen and oxygen atoms in total. The Hall–Kier alpha value is -3.15. The van der Waals surface area contributed by atoms with Crippen LogP contribution in [0.3, 0.4) is 0 Å². The van der Waals surface area contributed by atoms with Gasteiger partial charge in [-0.2, -0.15) is 0 Å². The summed E-state index contributed by atoms with van der Waals surface area (Å²) < 4.78 is 1.89. The first-order valence-electron chi connectivity index (χ1n) is 7.18. The van der Waals surface area contributed by atoms with E-state index in [2.05, 4.69) is 24.9 Å². The zero-order valence-corrected chi connectivity index (χ0v) is 13.2. The van der Waals surface area contributed by atoms with Crippen molar-refractivity contribution in [2.24, 2.45) is 7.05 Å². The number of benzene rings is 1. The summed E-state index contributed by atoms with van der Waals surface area (Å²) in [5.41, 5.74) is 1.12. The predicted octanol–water partition coefficient (Wildman–Crippen LogP) is 3.21. The van der Waals surface area contributed by atoms with Gasteiger partial charge in [0.1, 0.15) is 11.6 Å². The van der Waals surface area contributed by atoms with Crippen molar-refractivity contribution in [2.75, 3.05) is 0 Å². The van der Waals surface area contributed by atoms with Crippen LogP contribution in [0, 0.1) is 6.92 Å². The lowest BCUT2D eigenvalue weighted by Gasteiger charge is -1.92. The fourth-order valence-corrected chi connectivity index (χ4v) is 1.69. The highest BCUT2D eigenvalue weighted by Gasteiger charge is 1.94. The molecule has 0 bridgehead atoms. The minimum Gasteiger partial charge on any atom is -0.349 e. The Morgan fingerprint density at radius 3 is 2.04 bits per heavy atom. The second-order valence-corrected chi connectivity index (χ2v) is 4.71. The van der Waals surface area contributed by atoms with Gasteiger partial charge in [-0.3, -0.25) is 0 Å². The molecule has 2 N–H and O–H groups in total. The molecule has 3 aromatic heterocycles. The number of imidazole rings is 3. The number of aromatic amines is 2. The van der Waals surface area contributed by atoms with Crippen LogP contribution in [-0.2, 0) is 7.05 Å². The minimum atomic E-state index is 0.922. The Bertz CT molecular complexity index is 696. The highest BCUT2D eigenvalue weighted by molar-refractivity contribution is 5.53. The van der Waals surface area contributed by atoms with Crippen LogP contribution in [0.2, 0.25) is 0 Å². The number of nitrogens with zero attached hydrogens (tertiary/aromatic N) is 4. The molecule has 118 valence electrons. The second kappa shape index (κ2) is 8.99. The van der Waals surface area contributed by atoms with Crippen molar-refractivity contribution in [1.82, 2.24) is 29.5 Å². The maximum Gasteiger partial charge on any atom is 0.137 e. The third-order valence-corrected chi connectivity index (χ3v) is 2.82. The molecule has 0 atom stereocenters. The average molecular weight is 308 g/mol. The molecule has 0 aliphatic carbocycles. The molecule has 0 saturated heterocycles. The zero-order chi connectivity index (χ0) is 16.3. The summed E-state index contributed by atoms with van der Waals surface area (Å²) in [6.45, 7) is 1.92. The summed E-state index contributed by atoms with van der Waals surface area (Å²) in [6, 6.07) is 10.0. The van der Waals surface area contributed by atoms with Gasteiger partial charge in [0.15, 0.2) is 0 Å². The van der Waals surface area contributed by atoms with Crippen molar-refractivity contribution < 1.29 is 0 Å². The molecule has 3 heterocycles. The van der Waals surface area contributed by atoms with E-state index in [0.717, 1.165) is 17.2 Å². The molecule has 0 unspecified atom stereocenters. The molecular weight excluding hydrogens is 288 g/mol. The SMILES string of the molecule is Cc1ncc[nH]1.Cn1ccnc1.c1ccc(-c2ncc[nH]2)cc1. The summed E-state index contributed by atoms with van der Waals surface area (Å²) >= 11 is 0. The molecule has 0 amide bonds. The molecule has 0 spiro atoms. The van der Waals surface area contributed by atoms with E-state index < -0.39 is 0 Å². The fourth-order valence-electron chi connectivity index (χ4n) is 1.69. The summed E-state index contributed by atoms with van der Waals surface area (Å²) in [4.78, 5) is 17.7. The number of H-pyrrole nitrogens is 2. The van der Waals surface area contributed by atoms with Gasteiger partial charge in [-0.1, -0.05) is 30.3 Å². The molecule has 0 radical (unpaired) electrons. The van der Waals surface area contributed by atoms with Crippen LogP contribution in [0.1, 0.15) is 5.82 Å². The highest BCUT2D eigenvalue weighted by Crippen LogP contribution is 2.11. The Balaban J connectivity index is 0.000000136. The summed E-state index contributed by atoms with van der Waals surface area (Å²) in [5.74, 6) is 1.89. The van der Waals surface area contributed by atoms with Gasteiger partial charge in [-0.05, 0) is 6.92 Å². The number of hydrogen-bond acceptors (Lipinski definition) is 3. The predicted molar refractivity (Wildman–Crippen MR) is 90.6 cm³/mol. The minimum absolute atomic E-state index is 0.922. The molecule has 1 aromatic carbocycles. The molecule has 0 aliphatic heterocycles.